The Morgan fingerprint density at radius 1 is 1.29 bits per heavy atom. The van der Waals surface area contributed by atoms with Gasteiger partial charge in [0.25, 0.3) is 0 Å². The molecule has 0 aliphatic carbocycles. The van der Waals surface area contributed by atoms with E-state index in [1.807, 2.05) is 19.1 Å². The van der Waals surface area contributed by atoms with E-state index in [9.17, 15) is 8.42 Å². The minimum atomic E-state index is -3.64. The van der Waals surface area contributed by atoms with Crippen LogP contribution >= 0.6 is 27.3 Å². The first-order chi connectivity index (χ1) is 9.90. The van der Waals surface area contributed by atoms with E-state index in [0.717, 1.165) is 14.2 Å². The van der Waals surface area contributed by atoms with Crippen molar-refractivity contribution in [3.63, 3.8) is 0 Å². The van der Waals surface area contributed by atoms with Crippen molar-refractivity contribution in [2.45, 2.75) is 12.7 Å². The summed E-state index contributed by atoms with van der Waals surface area (Å²) in [6.07, 6.45) is 1.44. The van der Waals surface area contributed by atoms with Crippen molar-refractivity contribution in [3.8, 4) is 6.07 Å². The maximum absolute atomic E-state index is 12.3. The Morgan fingerprint density at radius 3 is 2.48 bits per heavy atom. The second-order valence-electron chi connectivity index (χ2n) is 4.45. The van der Waals surface area contributed by atoms with Gasteiger partial charge in [-0.3, -0.25) is 0 Å². The molecule has 1 aromatic heterocycles. The van der Waals surface area contributed by atoms with E-state index in [1.54, 1.807) is 30.3 Å². The van der Waals surface area contributed by atoms with Crippen LogP contribution in [0, 0.1) is 18.3 Å². The lowest BCUT2D eigenvalue weighted by Crippen LogP contribution is -2.06. The van der Waals surface area contributed by atoms with Crippen LogP contribution in [0.4, 0.5) is 0 Å². The third-order valence-corrected chi connectivity index (χ3v) is 5.82. The van der Waals surface area contributed by atoms with Crippen molar-refractivity contribution in [1.82, 2.24) is 0 Å². The average Bonchev–Trinajstić information content (AvgIpc) is 2.84. The molecule has 1 aromatic carbocycles. The molecule has 0 spiro atoms. The number of nitrogens with zero attached hydrogens (tertiary/aromatic N) is 1. The first-order valence-electron chi connectivity index (χ1n) is 6.06. The molecule has 0 amide bonds. The van der Waals surface area contributed by atoms with Gasteiger partial charge in [0.15, 0.2) is 9.84 Å². The Balaban J connectivity index is 2.30. The van der Waals surface area contributed by atoms with E-state index >= 15 is 0 Å². The second-order valence-corrected chi connectivity index (χ2v) is 8.65. The smallest absolute Gasteiger partial charge is 0.192 e. The number of rotatable bonds is 4. The number of sulfone groups is 1. The third kappa shape index (κ3) is 4.27. The molecule has 0 atom stereocenters. The number of hydrogen-bond donors (Lipinski definition) is 0. The van der Waals surface area contributed by atoms with Crippen LogP contribution in [-0.4, -0.2) is 8.42 Å². The van der Waals surface area contributed by atoms with Gasteiger partial charge < -0.3 is 0 Å². The third-order valence-electron chi connectivity index (χ3n) is 2.75. The molecule has 6 heteroatoms. The Morgan fingerprint density at radius 2 is 1.95 bits per heavy atom. The van der Waals surface area contributed by atoms with Gasteiger partial charge in [0.05, 0.1) is 5.75 Å². The van der Waals surface area contributed by atoms with Crippen molar-refractivity contribution >= 4 is 43.2 Å². The van der Waals surface area contributed by atoms with Crippen LogP contribution < -0.4 is 0 Å². The van der Waals surface area contributed by atoms with E-state index in [-0.39, 0.29) is 10.7 Å². The van der Waals surface area contributed by atoms with Crippen molar-refractivity contribution < 1.29 is 8.42 Å². The molecule has 21 heavy (non-hydrogen) atoms. The number of hydrogen-bond acceptors (Lipinski definition) is 4. The lowest BCUT2D eigenvalue weighted by molar-refractivity contribution is 0.602. The fourth-order valence-electron chi connectivity index (χ4n) is 1.73. The highest BCUT2D eigenvalue weighted by Crippen LogP contribution is 2.22. The highest BCUT2D eigenvalue weighted by atomic mass is 79.9. The van der Waals surface area contributed by atoms with Crippen molar-refractivity contribution in [3.05, 3.63) is 61.1 Å². The van der Waals surface area contributed by atoms with E-state index in [1.165, 1.54) is 17.4 Å². The summed E-state index contributed by atoms with van der Waals surface area (Å²) in [5.41, 5.74) is 0.654. The van der Waals surface area contributed by atoms with Gasteiger partial charge in [0.1, 0.15) is 11.0 Å². The molecule has 0 aliphatic heterocycles. The summed E-state index contributed by atoms with van der Waals surface area (Å²) in [5, 5.41) is 9.15. The van der Waals surface area contributed by atoms with Crippen LogP contribution in [-0.2, 0) is 15.6 Å². The Bertz CT molecular complexity index is 812. The monoisotopic (exact) mass is 381 g/mol. The SMILES string of the molecule is Cc1ccc(/C=C(\C#N)S(=O)(=O)Cc2ccc(Br)cc2)s1. The summed E-state index contributed by atoms with van der Waals surface area (Å²) in [6.45, 7) is 1.93. The fourth-order valence-corrected chi connectivity index (χ4v) is 4.12. The van der Waals surface area contributed by atoms with Crippen LogP contribution in [0.25, 0.3) is 6.08 Å². The first kappa shape index (κ1) is 16.0. The van der Waals surface area contributed by atoms with Gasteiger partial charge in [-0.25, -0.2) is 8.42 Å². The lowest BCUT2D eigenvalue weighted by atomic mass is 10.2. The molecule has 1 heterocycles. The topological polar surface area (TPSA) is 57.9 Å². The summed E-state index contributed by atoms with van der Waals surface area (Å²) in [6, 6.07) is 12.5. The fraction of sp³-hybridized carbons (Fsp3) is 0.133. The maximum atomic E-state index is 12.3. The lowest BCUT2D eigenvalue weighted by Gasteiger charge is -2.03. The predicted octanol–water partition coefficient (Wildman–Crippen LogP) is 4.30. The molecule has 108 valence electrons. The van der Waals surface area contributed by atoms with Crippen LogP contribution in [0.1, 0.15) is 15.3 Å². The molecule has 0 N–H and O–H groups in total. The first-order valence-corrected chi connectivity index (χ1v) is 9.32. The molecule has 0 unspecified atom stereocenters. The summed E-state index contributed by atoms with van der Waals surface area (Å²) in [4.78, 5) is 1.64. The van der Waals surface area contributed by atoms with Gasteiger partial charge in [-0.2, -0.15) is 5.26 Å². The normalized spacial score (nSPS) is 12.1. The number of aryl methyl sites for hydroxylation is 1. The summed E-state index contributed by atoms with van der Waals surface area (Å²) in [5.74, 6) is -0.177. The predicted molar refractivity (Wildman–Crippen MR) is 89.4 cm³/mol. The zero-order valence-electron chi connectivity index (χ0n) is 11.2. The van der Waals surface area contributed by atoms with Crippen LogP contribution in [0.2, 0.25) is 0 Å². The summed E-state index contributed by atoms with van der Waals surface area (Å²) < 4.78 is 25.5. The molecule has 2 rings (SSSR count). The Labute approximate surface area is 136 Å². The minimum absolute atomic E-state index is 0.177. The Hall–Kier alpha value is -1.42. The molecule has 0 bridgehead atoms. The number of thiophene rings is 1. The van der Waals surface area contributed by atoms with Crippen molar-refractivity contribution in [2.24, 2.45) is 0 Å². The highest BCUT2D eigenvalue weighted by Gasteiger charge is 2.19. The zero-order chi connectivity index (χ0) is 15.5. The van der Waals surface area contributed by atoms with Crippen molar-refractivity contribution in [1.29, 1.82) is 5.26 Å². The van der Waals surface area contributed by atoms with Gasteiger partial charge in [-0.15, -0.1) is 11.3 Å². The zero-order valence-corrected chi connectivity index (χ0v) is 14.4. The van der Waals surface area contributed by atoms with E-state index in [0.29, 0.717) is 5.56 Å². The summed E-state index contributed by atoms with van der Waals surface area (Å²) >= 11 is 4.76. The number of nitriles is 1. The standard InChI is InChI=1S/C15H12BrNO2S2/c1-11-2-7-14(20-11)8-15(9-17)21(18,19)10-12-3-5-13(16)6-4-12/h2-8H,10H2,1H3/b15-8+. The van der Waals surface area contributed by atoms with Crippen LogP contribution in [0.5, 0.6) is 0 Å². The quantitative estimate of drug-likeness (QED) is 0.741. The van der Waals surface area contributed by atoms with Gasteiger partial charge in [-0.1, -0.05) is 28.1 Å². The second kappa shape index (κ2) is 6.56. The number of allylic oxidation sites excluding steroid dienone is 1. The maximum Gasteiger partial charge on any atom is 0.192 e. The molecule has 2 aromatic rings. The van der Waals surface area contributed by atoms with Gasteiger partial charge in [0, 0.05) is 14.2 Å². The number of benzene rings is 1. The van der Waals surface area contributed by atoms with Gasteiger partial charge in [0.2, 0.25) is 0 Å². The molecule has 0 radical (unpaired) electrons. The van der Waals surface area contributed by atoms with E-state index in [4.69, 9.17) is 5.26 Å². The molecule has 0 saturated carbocycles. The van der Waals surface area contributed by atoms with Crippen LogP contribution in [0.15, 0.2) is 45.8 Å². The average molecular weight is 382 g/mol. The molecule has 3 nitrogen and oxygen atoms in total. The molecular formula is C15H12BrNO2S2. The van der Waals surface area contributed by atoms with Gasteiger partial charge >= 0.3 is 0 Å². The summed E-state index contributed by atoms with van der Waals surface area (Å²) in [7, 11) is -3.64. The molecule has 0 saturated heterocycles. The van der Waals surface area contributed by atoms with Crippen molar-refractivity contribution in [2.75, 3.05) is 0 Å². The van der Waals surface area contributed by atoms with E-state index in [2.05, 4.69) is 15.9 Å². The number of halogens is 1. The van der Waals surface area contributed by atoms with E-state index < -0.39 is 9.84 Å². The minimum Gasteiger partial charge on any atom is -0.223 e. The van der Waals surface area contributed by atoms with Crippen LogP contribution in [0.3, 0.4) is 0 Å². The van der Waals surface area contributed by atoms with Gasteiger partial charge in [-0.05, 0) is 42.8 Å². The highest BCUT2D eigenvalue weighted by molar-refractivity contribution is 9.10. The molecule has 0 fully saturated rings. The molecular weight excluding hydrogens is 370 g/mol. The molecule has 0 aliphatic rings. The largest absolute Gasteiger partial charge is 0.223 e. The Kier molecular flexibility index (Phi) is 4.99.